The Kier molecular flexibility index (Phi) is 19.5. The van der Waals surface area contributed by atoms with Gasteiger partial charge in [0, 0.05) is 22.9 Å². The second kappa shape index (κ2) is 18.5. The zero-order valence-corrected chi connectivity index (χ0v) is 18.4. The zero-order chi connectivity index (χ0) is 18.8. The lowest BCUT2D eigenvalue weighted by molar-refractivity contribution is 0.191. The molecule has 0 saturated heterocycles. The Balaban J connectivity index is 0. The number of amides is 2. The van der Waals surface area contributed by atoms with Gasteiger partial charge in [-0.05, 0) is 19.3 Å². The van der Waals surface area contributed by atoms with Crippen molar-refractivity contribution < 1.29 is 19.4 Å². The molecule has 0 aliphatic carbocycles. The molecule has 8 heteroatoms. The fourth-order valence-electron chi connectivity index (χ4n) is 1.22. The van der Waals surface area contributed by atoms with E-state index in [9.17, 15) is 9.59 Å². The van der Waals surface area contributed by atoms with E-state index in [0.29, 0.717) is 21.4 Å². The van der Waals surface area contributed by atoms with Crippen LogP contribution in [-0.2, 0) is 4.74 Å². The molecule has 0 aromatic heterocycles. The van der Waals surface area contributed by atoms with Gasteiger partial charge < -0.3 is 20.5 Å². The van der Waals surface area contributed by atoms with Crippen LogP contribution in [0.5, 0.6) is 0 Å². The van der Waals surface area contributed by atoms with Gasteiger partial charge in [0.05, 0.1) is 4.43 Å². The van der Waals surface area contributed by atoms with Gasteiger partial charge in [0.25, 0.3) is 0 Å². The maximum absolute atomic E-state index is 10.8. The highest BCUT2D eigenvalue weighted by atomic mass is 127. The lowest BCUT2D eigenvalue weighted by Gasteiger charge is -2.12. The topological polar surface area (TPSA) is 87.7 Å². The van der Waals surface area contributed by atoms with Crippen molar-refractivity contribution in [1.29, 1.82) is 0 Å². The highest BCUT2D eigenvalue weighted by Crippen LogP contribution is 2.10. The normalized spacial score (nSPS) is 11.0. The Labute approximate surface area is 171 Å². The molecule has 0 bridgehead atoms. The summed E-state index contributed by atoms with van der Waals surface area (Å²) in [5.74, 6) is 8.47. The van der Waals surface area contributed by atoms with Crippen LogP contribution in [0.1, 0.15) is 33.6 Å². The van der Waals surface area contributed by atoms with E-state index in [-0.39, 0.29) is 5.92 Å². The van der Waals surface area contributed by atoms with Gasteiger partial charge in [-0.2, -0.15) is 0 Å². The van der Waals surface area contributed by atoms with Crippen molar-refractivity contribution in [1.82, 2.24) is 10.6 Å². The molecule has 0 fully saturated rings. The molecule has 0 rings (SSSR count). The SMILES string of the molecule is CC#CC(CNC(=O)O)C(C)I.CCCCNC(=O)OC#CCI. The van der Waals surface area contributed by atoms with Crippen LogP contribution in [0.4, 0.5) is 9.59 Å². The summed E-state index contributed by atoms with van der Waals surface area (Å²) in [6.45, 7) is 6.89. The standard InChI is InChI=1S/2C8H12INO2/c1-3-4-7(6(2)9)5-10-8(11)12;1-2-3-6-10-8(11)12-7-4-5-9/h6-7,10H,5H2,1-2H3,(H,11,12);2-3,5-6H2,1H3,(H,10,11). The maximum atomic E-state index is 10.8. The molecule has 24 heavy (non-hydrogen) atoms. The lowest BCUT2D eigenvalue weighted by Crippen LogP contribution is -2.30. The van der Waals surface area contributed by atoms with Crippen LogP contribution in [0.2, 0.25) is 0 Å². The van der Waals surface area contributed by atoms with Crippen LogP contribution in [0.25, 0.3) is 0 Å². The molecule has 0 aliphatic heterocycles. The molecule has 2 unspecified atom stereocenters. The number of alkyl halides is 2. The average molecular weight is 562 g/mol. The highest BCUT2D eigenvalue weighted by molar-refractivity contribution is 14.1. The molecule has 2 amide bonds. The van der Waals surface area contributed by atoms with E-state index in [1.807, 2.05) is 6.92 Å². The van der Waals surface area contributed by atoms with Gasteiger partial charge in [0.2, 0.25) is 0 Å². The van der Waals surface area contributed by atoms with Crippen LogP contribution < -0.4 is 10.6 Å². The molecule has 0 aliphatic rings. The Bertz CT molecular complexity index is 476. The van der Waals surface area contributed by atoms with Crippen LogP contribution in [0.3, 0.4) is 0 Å². The van der Waals surface area contributed by atoms with Gasteiger partial charge >= 0.3 is 12.2 Å². The minimum atomic E-state index is -0.991. The summed E-state index contributed by atoms with van der Waals surface area (Å²) in [7, 11) is 0. The number of halogens is 2. The molecule has 0 heterocycles. The molecular weight excluding hydrogens is 538 g/mol. The van der Waals surface area contributed by atoms with Gasteiger partial charge in [-0.25, -0.2) is 9.59 Å². The predicted octanol–water partition coefficient (Wildman–Crippen LogP) is 3.63. The van der Waals surface area contributed by atoms with Gasteiger partial charge in [0.1, 0.15) is 6.11 Å². The third-order valence-electron chi connectivity index (χ3n) is 2.44. The molecule has 6 nitrogen and oxygen atoms in total. The zero-order valence-electron chi connectivity index (χ0n) is 14.1. The number of ether oxygens (including phenoxy) is 1. The molecule has 0 spiro atoms. The van der Waals surface area contributed by atoms with E-state index in [0.717, 1.165) is 12.8 Å². The number of rotatable bonds is 6. The maximum Gasteiger partial charge on any atom is 0.421 e. The summed E-state index contributed by atoms with van der Waals surface area (Å²) in [6, 6.07) is 0. The lowest BCUT2D eigenvalue weighted by atomic mass is 10.1. The third-order valence-corrected chi connectivity index (χ3v) is 3.69. The molecule has 0 saturated carbocycles. The molecule has 136 valence electrons. The number of unbranched alkanes of at least 4 members (excludes halogenated alkanes) is 1. The van der Waals surface area contributed by atoms with Crippen molar-refractivity contribution >= 4 is 57.4 Å². The fraction of sp³-hybridized carbons (Fsp3) is 0.625. The second-order valence-corrected chi connectivity index (χ2v) is 7.17. The van der Waals surface area contributed by atoms with Crippen molar-refractivity contribution in [2.45, 2.75) is 37.5 Å². The van der Waals surface area contributed by atoms with Gasteiger partial charge in [-0.1, -0.05) is 71.4 Å². The predicted molar refractivity (Wildman–Crippen MR) is 113 cm³/mol. The summed E-state index contributed by atoms with van der Waals surface area (Å²) >= 11 is 4.32. The van der Waals surface area contributed by atoms with Gasteiger partial charge in [-0.15, -0.1) is 5.92 Å². The van der Waals surface area contributed by atoms with Crippen LogP contribution in [0.15, 0.2) is 0 Å². The van der Waals surface area contributed by atoms with E-state index in [2.05, 4.69) is 91.3 Å². The molecule has 0 radical (unpaired) electrons. The van der Waals surface area contributed by atoms with Crippen molar-refractivity contribution in [3.8, 4) is 23.9 Å². The number of nitrogens with one attached hydrogen (secondary N) is 2. The van der Waals surface area contributed by atoms with E-state index in [1.54, 1.807) is 6.92 Å². The smallest absolute Gasteiger partial charge is 0.421 e. The number of alkyl carbamates (subject to hydrolysis) is 1. The monoisotopic (exact) mass is 562 g/mol. The Morgan fingerprint density at radius 3 is 2.46 bits per heavy atom. The summed E-state index contributed by atoms with van der Waals surface area (Å²) in [6.07, 6.45) is 2.87. The van der Waals surface area contributed by atoms with E-state index < -0.39 is 12.2 Å². The second-order valence-electron chi connectivity index (χ2n) is 4.45. The summed E-state index contributed by atoms with van der Waals surface area (Å²) < 4.78 is 5.53. The van der Waals surface area contributed by atoms with Crippen LogP contribution in [0, 0.1) is 29.8 Å². The molecule has 0 aromatic carbocycles. The summed E-state index contributed by atoms with van der Waals surface area (Å²) in [5, 5.41) is 13.2. The first-order valence-electron chi connectivity index (χ1n) is 7.40. The van der Waals surface area contributed by atoms with E-state index in [4.69, 9.17) is 5.11 Å². The quantitative estimate of drug-likeness (QED) is 0.200. The van der Waals surface area contributed by atoms with E-state index in [1.165, 1.54) is 0 Å². The minimum absolute atomic E-state index is 0.103. The van der Waals surface area contributed by atoms with Crippen molar-refractivity contribution in [2.24, 2.45) is 5.92 Å². The van der Waals surface area contributed by atoms with E-state index >= 15 is 0 Å². The first kappa shape index (κ1) is 25.4. The van der Waals surface area contributed by atoms with Gasteiger partial charge in [-0.3, -0.25) is 0 Å². The minimum Gasteiger partial charge on any atom is -0.465 e. The third kappa shape index (κ3) is 19.2. The number of carbonyl (C=O) groups is 2. The van der Waals surface area contributed by atoms with Crippen molar-refractivity contribution in [2.75, 3.05) is 17.5 Å². The van der Waals surface area contributed by atoms with Crippen LogP contribution in [-0.4, -0.2) is 38.7 Å². The van der Waals surface area contributed by atoms with Crippen molar-refractivity contribution in [3.63, 3.8) is 0 Å². The first-order valence-corrected chi connectivity index (χ1v) is 10.2. The molecule has 2 atom stereocenters. The Hall–Kier alpha value is -0.880. The Morgan fingerprint density at radius 2 is 2.00 bits per heavy atom. The van der Waals surface area contributed by atoms with Gasteiger partial charge in [0.15, 0.2) is 0 Å². The number of hydrogen-bond acceptors (Lipinski definition) is 3. The number of carboxylic acid groups (broad SMARTS) is 1. The number of hydrogen-bond donors (Lipinski definition) is 3. The molecular formula is C16H24I2N2O4. The highest BCUT2D eigenvalue weighted by Gasteiger charge is 2.11. The average Bonchev–Trinajstić information content (AvgIpc) is 2.52. The van der Waals surface area contributed by atoms with Crippen molar-refractivity contribution in [3.05, 3.63) is 0 Å². The largest absolute Gasteiger partial charge is 0.465 e. The molecule has 0 aromatic rings. The summed E-state index contributed by atoms with van der Waals surface area (Å²) in [4.78, 5) is 20.9. The number of carbonyl (C=O) groups excluding carboxylic acids is 1. The Morgan fingerprint density at radius 1 is 1.33 bits per heavy atom. The van der Waals surface area contributed by atoms with Crippen LogP contribution >= 0.6 is 45.2 Å². The summed E-state index contributed by atoms with van der Waals surface area (Å²) in [5.41, 5.74) is 0. The molecule has 3 N–H and O–H groups in total. The first-order chi connectivity index (χ1) is 11.4. The fourth-order valence-corrected chi connectivity index (χ4v) is 1.81.